The second-order valence-electron chi connectivity index (χ2n) is 12.1. The Morgan fingerprint density at radius 1 is 1.00 bits per heavy atom. The summed E-state index contributed by atoms with van der Waals surface area (Å²) in [7, 11) is 0. The Labute approximate surface area is 243 Å². The van der Waals surface area contributed by atoms with Gasteiger partial charge in [0, 0.05) is 57.1 Å². The molecule has 0 fully saturated rings. The van der Waals surface area contributed by atoms with E-state index in [2.05, 4.69) is 9.97 Å². The van der Waals surface area contributed by atoms with Crippen molar-refractivity contribution < 1.29 is 23.8 Å². The van der Waals surface area contributed by atoms with Crippen molar-refractivity contribution in [2.24, 2.45) is 10.8 Å². The molecule has 3 heterocycles. The highest BCUT2D eigenvalue weighted by atomic mass is 35.5. The molecule has 212 valence electrons. The summed E-state index contributed by atoms with van der Waals surface area (Å²) >= 11 is 6.16. The first-order valence-electron chi connectivity index (χ1n) is 13.5. The number of benzene rings is 2. The van der Waals surface area contributed by atoms with Crippen LogP contribution in [-0.4, -0.2) is 26.8 Å². The summed E-state index contributed by atoms with van der Waals surface area (Å²) in [6.45, 7) is 9.16. The molecule has 2 aromatic carbocycles. The number of carbonyl (C=O) groups excluding carboxylic acids is 1. The zero-order chi connectivity index (χ0) is 29.5. The first-order valence-corrected chi connectivity index (χ1v) is 13.9. The average molecular weight is 573 g/mol. The number of H-pyrrole nitrogens is 1. The van der Waals surface area contributed by atoms with Gasteiger partial charge in [0.25, 0.3) is 0 Å². The van der Waals surface area contributed by atoms with E-state index in [1.165, 1.54) is 0 Å². The molecule has 0 radical (unpaired) electrons. The number of carboxylic acids is 1. The smallest absolute Gasteiger partial charge is 0.309 e. The lowest BCUT2D eigenvalue weighted by atomic mass is 9.80. The highest BCUT2D eigenvalue weighted by Crippen LogP contribution is 2.39. The Bertz CT molecular complexity index is 1760. The van der Waals surface area contributed by atoms with Gasteiger partial charge in [-0.25, -0.2) is 4.98 Å². The molecule has 7 nitrogen and oxygen atoms in total. The third-order valence-corrected chi connectivity index (χ3v) is 7.50. The van der Waals surface area contributed by atoms with Crippen LogP contribution in [0.4, 0.5) is 0 Å². The summed E-state index contributed by atoms with van der Waals surface area (Å²) in [5.74, 6) is -0.383. The standard InChI is InChI=1S/C33H33ClN2O5/c1-32(2,3)30(37)29-25(17-33(4,5)31(38)39)36-24-11-13-26(22(28(24)29)16-19-6-8-20(34)9-7-19)41-18-21-10-12-27-23(35-21)14-15-40-27/h6-15,36H,16-18H2,1-5H3,(H,38,39). The number of ether oxygens (including phenoxy) is 1. The van der Waals surface area contributed by atoms with Crippen molar-refractivity contribution in [2.45, 2.75) is 54.1 Å². The highest BCUT2D eigenvalue weighted by Gasteiger charge is 2.35. The number of aromatic nitrogens is 2. The Hall–Kier alpha value is -4.10. The van der Waals surface area contributed by atoms with Gasteiger partial charge in [-0.15, -0.1) is 0 Å². The lowest BCUT2D eigenvalue weighted by molar-refractivity contribution is -0.146. The second-order valence-corrected chi connectivity index (χ2v) is 12.5. The van der Waals surface area contributed by atoms with E-state index < -0.39 is 16.8 Å². The number of Topliss-reactive ketones (excluding diaryl/α,β-unsaturated/α-hetero) is 1. The van der Waals surface area contributed by atoms with Crippen LogP contribution >= 0.6 is 11.6 Å². The molecular formula is C33H33ClN2O5. The number of aromatic amines is 1. The van der Waals surface area contributed by atoms with Crippen molar-refractivity contribution in [2.75, 3.05) is 0 Å². The Morgan fingerprint density at radius 2 is 1.73 bits per heavy atom. The average Bonchev–Trinajstić information content (AvgIpc) is 3.52. The fourth-order valence-electron chi connectivity index (χ4n) is 4.91. The van der Waals surface area contributed by atoms with Crippen LogP contribution in [0.25, 0.3) is 22.0 Å². The summed E-state index contributed by atoms with van der Waals surface area (Å²) in [4.78, 5) is 34.1. The molecule has 5 aromatic rings. The number of aliphatic carboxylic acids is 1. The van der Waals surface area contributed by atoms with E-state index in [9.17, 15) is 14.7 Å². The Morgan fingerprint density at radius 3 is 2.41 bits per heavy atom. The van der Waals surface area contributed by atoms with Crippen molar-refractivity contribution >= 4 is 45.4 Å². The lowest BCUT2D eigenvalue weighted by Crippen LogP contribution is -2.28. The minimum absolute atomic E-state index is 0.0680. The number of ketones is 1. The van der Waals surface area contributed by atoms with Gasteiger partial charge in [0.05, 0.1) is 17.4 Å². The van der Waals surface area contributed by atoms with Crippen molar-refractivity contribution in [1.82, 2.24) is 9.97 Å². The van der Waals surface area contributed by atoms with Crippen LogP contribution in [-0.2, 0) is 24.2 Å². The molecule has 5 rings (SSSR count). The number of furan rings is 1. The number of rotatable bonds is 9. The molecule has 41 heavy (non-hydrogen) atoms. The van der Waals surface area contributed by atoms with Crippen LogP contribution in [0.3, 0.4) is 0 Å². The molecule has 0 amide bonds. The summed E-state index contributed by atoms with van der Waals surface area (Å²) in [5.41, 5.74) is 4.10. The minimum atomic E-state index is -1.08. The molecule has 0 atom stereocenters. The van der Waals surface area contributed by atoms with Crippen LogP contribution in [0.2, 0.25) is 5.02 Å². The van der Waals surface area contributed by atoms with Gasteiger partial charge >= 0.3 is 5.97 Å². The molecule has 3 aromatic heterocycles. The fraction of sp³-hybridized carbons (Fsp3) is 0.303. The highest BCUT2D eigenvalue weighted by molar-refractivity contribution is 6.30. The van der Waals surface area contributed by atoms with Crippen molar-refractivity contribution in [3.8, 4) is 5.75 Å². The van der Waals surface area contributed by atoms with Crippen molar-refractivity contribution in [3.63, 3.8) is 0 Å². The number of hydrogen-bond acceptors (Lipinski definition) is 5. The number of nitrogens with zero attached hydrogens (tertiary/aromatic N) is 1. The zero-order valence-electron chi connectivity index (χ0n) is 23.8. The van der Waals surface area contributed by atoms with Gasteiger partial charge in [-0.1, -0.05) is 44.5 Å². The van der Waals surface area contributed by atoms with Crippen LogP contribution in [0.15, 0.2) is 65.3 Å². The summed E-state index contributed by atoms with van der Waals surface area (Å²) in [6, 6.07) is 16.9. The van der Waals surface area contributed by atoms with E-state index in [-0.39, 0.29) is 18.8 Å². The van der Waals surface area contributed by atoms with Gasteiger partial charge in [0.1, 0.15) is 17.9 Å². The molecule has 0 saturated carbocycles. The summed E-state index contributed by atoms with van der Waals surface area (Å²) < 4.78 is 11.8. The first-order chi connectivity index (χ1) is 19.3. The van der Waals surface area contributed by atoms with E-state index in [0.717, 1.165) is 33.2 Å². The molecule has 0 saturated heterocycles. The predicted octanol–water partition coefficient (Wildman–Crippen LogP) is 8.01. The van der Waals surface area contributed by atoms with Gasteiger partial charge in [-0.3, -0.25) is 9.59 Å². The molecule has 0 aliphatic rings. The van der Waals surface area contributed by atoms with Crippen molar-refractivity contribution in [1.29, 1.82) is 0 Å². The quantitative estimate of drug-likeness (QED) is 0.173. The molecule has 0 unspecified atom stereocenters. The maximum Gasteiger partial charge on any atom is 0.309 e. The molecule has 0 bridgehead atoms. The SMILES string of the molecule is CC(C)(C)C(=O)c1c(CC(C)(C)C(=O)O)[nH]c2ccc(OCc3ccc4occc4n3)c(Cc3ccc(Cl)cc3)c12. The molecule has 2 N–H and O–H groups in total. The molecular weight excluding hydrogens is 540 g/mol. The number of hydrogen-bond donors (Lipinski definition) is 2. The first kappa shape index (κ1) is 28.4. The van der Waals surface area contributed by atoms with E-state index in [1.54, 1.807) is 26.2 Å². The molecule has 0 aliphatic carbocycles. The largest absolute Gasteiger partial charge is 0.487 e. The van der Waals surface area contributed by atoms with Gasteiger partial charge in [-0.05, 0) is 55.8 Å². The third kappa shape index (κ3) is 5.86. The monoisotopic (exact) mass is 572 g/mol. The maximum atomic E-state index is 14.0. The summed E-state index contributed by atoms with van der Waals surface area (Å²) in [6.07, 6.45) is 2.24. The van der Waals surface area contributed by atoms with E-state index in [1.807, 2.05) is 69.3 Å². The Kier molecular flexibility index (Phi) is 7.43. The number of pyridine rings is 1. The molecule has 8 heteroatoms. The third-order valence-electron chi connectivity index (χ3n) is 7.25. The van der Waals surface area contributed by atoms with Gasteiger partial charge in [-0.2, -0.15) is 0 Å². The maximum absolute atomic E-state index is 14.0. The number of nitrogens with one attached hydrogen (secondary N) is 1. The van der Waals surface area contributed by atoms with Gasteiger partial charge < -0.3 is 19.2 Å². The summed E-state index contributed by atoms with van der Waals surface area (Å²) in [5, 5.41) is 11.2. The van der Waals surface area contributed by atoms with Crippen LogP contribution in [0.5, 0.6) is 5.75 Å². The van der Waals surface area contributed by atoms with E-state index in [4.69, 9.17) is 20.8 Å². The second kappa shape index (κ2) is 10.7. The van der Waals surface area contributed by atoms with E-state index in [0.29, 0.717) is 34.0 Å². The lowest BCUT2D eigenvalue weighted by Gasteiger charge is -2.22. The van der Waals surface area contributed by atoms with Crippen LogP contribution < -0.4 is 4.74 Å². The molecule has 0 aliphatic heterocycles. The number of carbonyl (C=O) groups is 2. The van der Waals surface area contributed by atoms with E-state index >= 15 is 0 Å². The number of carboxylic acid groups (broad SMARTS) is 1. The zero-order valence-corrected chi connectivity index (χ0v) is 24.6. The van der Waals surface area contributed by atoms with Crippen LogP contribution in [0.1, 0.15) is 67.5 Å². The topological polar surface area (TPSA) is 105 Å². The van der Waals surface area contributed by atoms with Crippen LogP contribution in [0, 0.1) is 10.8 Å². The van der Waals surface area contributed by atoms with Crippen molar-refractivity contribution in [3.05, 3.63) is 94.0 Å². The van der Waals surface area contributed by atoms with Gasteiger partial charge in [0.15, 0.2) is 11.4 Å². The normalized spacial score (nSPS) is 12.2. The minimum Gasteiger partial charge on any atom is -0.487 e. The fourth-order valence-corrected chi connectivity index (χ4v) is 5.04. The number of halogens is 1. The molecule has 0 spiro atoms. The Balaban J connectivity index is 1.67. The predicted molar refractivity (Wildman–Crippen MR) is 160 cm³/mol. The number of fused-ring (bicyclic) bond motifs is 2. The van der Waals surface area contributed by atoms with Gasteiger partial charge in [0.2, 0.25) is 0 Å².